The van der Waals surface area contributed by atoms with Crippen LogP contribution in [-0.2, 0) is 13.6 Å². The zero-order chi connectivity index (χ0) is 21.8. The van der Waals surface area contributed by atoms with Crippen LogP contribution in [0.15, 0.2) is 74.8 Å². The normalized spacial score (nSPS) is 11.1. The van der Waals surface area contributed by atoms with E-state index in [0.717, 1.165) is 0 Å². The third-order valence-electron chi connectivity index (χ3n) is 4.49. The maximum Gasteiger partial charge on any atom is 0.335 e. The third-order valence-corrected chi connectivity index (χ3v) is 4.49. The molecule has 0 atom stereocenters. The number of nitrogens with zero attached hydrogens (tertiary/aromatic N) is 3. The van der Waals surface area contributed by atoms with Crippen molar-refractivity contribution in [1.82, 2.24) is 15.1 Å². The Bertz CT molecular complexity index is 1250. The van der Waals surface area contributed by atoms with Gasteiger partial charge in [0.2, 0.25) is 0 Å². The van der Waals surface area contributed by atoms with Crippen LogP contribution in [0.5, 0.6) is 0 Å². The first-order valence-electron chi connectivity index (χ1n) is 9.31. The Hall–Kier alpha value is -4.40. The molecule has 0 fully saturated rings. The molecule has 3 aromatic heterocycles. The van der Waals surface area contributed by atoms with Crippen molar-refractivity contribution in [3.63, 3.8) is 0 Å². The van der Waals surface area contributed by atoms with Crippen LogP contribution in [0.2, 0.25) is 0 Å². The van der Waals surface area contributed by atoms with Crippen molar-refractivity contribution >= 4 is 23.8 Å². The van der Waals surface area contributed by atoms with Gasteiger partial charge in [0.05, 0.1) is 30.8 Å². The molecule has 0 aliphatic carbocycles. The van der Waals surface area contributed by atoms with E-state index in [1.165, 1.54) is 35.5 Å². The lowest BCUT2D eigenvalue weighted by Gasteiger charge is -2.04. The zero-order valence-electron chi connectivity index (χ0n) is 16.5. The molecule has 2 N–H and O–H groups in total. The number of furan rings is 2. The number of carboxylic acids is 1. The summed E-state index contributed by atoms with van der Waals surface area (Å²) in [5.41, 5.74) is 1.48. The van der Waals surface area contributed by atoms with Crippen molar-refractivity contribution in [2.75, 3.05) is 0 Å². The summed E-state index contributed by atoms with van der Waals surface area (Å²) >= 11 is 0. The number of carbonyl (C=O) groups is 2. The Morgan fingerprint density at radius 1 is 1.23 bits per heavy atom. The maximum atomic E-state index is 12.6. The summed E-state index contributed by atoms with van der Waals surface area (Å²) in [5.74, 6) is 0.239. The first-order valence-corrected chi connectivity index (χ1v) is 9.31. The van der Waals surface area contributed by atoms with E-state index in [0.29, 0.717) is 34.2 Å². The SMILES string of the molecule is Cn1ncc(N=Cc2ccc(-c3cccc(C(=O)O)c3)o2)c1C(=O)NCc1ccco1. The molecule has 0 saturated heterocycles. The second-order valence-electron chi connectivity index (χ2n) is 6.61. The highest BCUT2D eigenvalue weighted by molar-refractivity contribution is 5.98. The van der Waals surface area contributed by atoms with Crippen molar-refractivity contribution in [3.05, 3.63) is 83.8 Å². The highest BCUT2D eigenvalue weighted by Gasteiger charge is 2.17. The van der Waals surface area contributed by atoms with Crippen LogP contribution >= 0.6 is 0 Å². The van der Waals surface area contributed by atoms with Crippen LogP contribution in [0.1, 0.15) is 32.4 Å². The van der Waals surface area contributed by atoms with E-state index in [-0.39, 0.29) is 18.0 Å². The van der Waals surface area contributed by atoms with Gasteiger partial charge >= 0.3 is 5.97 Å². The quantitative estimate of drug-likeness (QED) is 0.442. The molecule has 4 rings (SSSR count). The van der Waals surface area contributed by atoms with Crippen LogP contribution in [0.3, 0.4) is 0 Å². The van der Waals surface area contributed by atoms with E-state index in [2.05, 4.69) is 15.4 Å². The molecule has 31 heavy (non-hydrogen) atoms. The minimum absolute atomic E-state index is 0.171. The highest BCUT2D eigenvalue weighted by Crippen LogP contribution is 2.24. The van der Waals surface area contributed by atoms with Gasteiger partial charge in [-0.3, -0.25) is 9.48 Å². The smallest absolute Gasteiger partial charge is 0.335 e. The number of aryl methyl sites for hydroxylation is 1. The lowest BCUT2D eigenvalue weighted by molar-refractivity contribution is 0.0696. The number of amides is 1. The number of rotatable bonds is 7. The van der Waals surface area contributed by atoms with Crippen LogP contribution in [0.25, 0.3) is 11.3 Å². The predicted octanol–water partition coefficient (Wildman–Crippen LogP) is 3.65. The Labute approximate surface area is 176 Å². The maximum absolute atomic E-state index is 12.6. The van der Waals surface area contributed by atoms with E-state index in [9.17, 15) is 9.59 Å². The van der Waals surface area contributed by atoms with Gasteiger partial charge in [0.15, 0.2) is 5.69 Å². The van der Waals surface area contributed by atoms with Crippen molar-refractivity contribution in [1.29, 1.82) is 0 Å². The summed E-state index contributed by atoms with van der Waals surface area (Å²) in [7, 11) is 1.65. The van der Waals surface area contributed by atoms with Gasteiger partial charge in [0, 0.05) is 12.6 Å². The summed E-state index contributed by atoms with van der Waals surface area (Å²) in [6.07, 6.45) is 4.50. The number of aliphatic imine (C=N–C) groups is 1. The first-order chi connectivity index (χ1) is 15.0. The average Bonchev–Trinajstić information content (AvgIpc) is 3.52. The zero-order valence-corrected chi connectivity index (χ0v) is 16.5. The molecule has 9 heteroatoms. The Morgan fingerprint density at radius 2 is 2.10 bits per heavy atom. The molecule has 3 heterocycles. The first kappa shape index (κ1) is 19.9. The molecule has 4 aromatic rings. The number of carbonyl (C=O) groups excluding carboxylic acids is 1. The van der Waals surface area contributed by atoms with Gasteiger partial charge in [-0.15, -0.1) is 0 Å². The monoisotopic (exact) mass is 418 g/mol. The molecule has 9 nitrogen and oxygen atoms in total. The van der Waals surface area contributed by atoms with E-state index in [4.69, 9.17) is 13.9 Å². The van der Waals surface area contributed by atoms with E-state index >= 15 is 0 Å². The number of hydrogen-bond acceptors (Lipinski definition) is 6. The summed E-state index contributed by atoms with van der Waals surface area (Å²) in [6.45, 7) is 0.247. The summed E-state index contributed by atoms with van der Waals surface area (Å²) < 4.78 is 12.4. The standard InChI is InChI=1S/C22H18N4O5/c1-26-20(21(27)24-11-16-6-3-9-30-16)18(13-25-26)23-12-17-7-8-19(31-17)14-4-2-5-15(10-14)22(28)29/h2-10,12-13H,11H2,1H3,(H,24,27)(H,28,29). The summed E-state index contributed by atoms with van der Waals surface area (Å²) in [6, 6.07) is 13.4. The molecule has 1 amide bonds. The van der Waals surface area contributed by atoms with Crippen LogP contribution in [-0.4, -0.2) is 33.0 Å². The molecule has 156 valence electrons. The fraction of sp³-hybridized carbons (Fsp3) is 0.0909. The molecule has 0 aliphatic heterocycles. The number of nitrogens with one attached hydrogen (secondary N) is 1. The average molecular weight is 418 g/mol. The van der Waals surface area contributed by atoms with Gasteiger partial charge in [-0.05, 0) is 36.4 Å². The molecule has 0 unspecified atom stereocenters. The van der Waals surface area contributed by atoms with Crippen molar-refractivity contribution in [2.45, 2.75) is 6.54 Å². The van der Waals surface area contributed by atoms with Crippen molar-refractivity contribution in [2.24, 2.45) is 12.0 Å². The fourth-order valence-corrected chi connectivity index (χ4v) is 2.96. The Kier molecular flexibility index (Phi) is 5.48. The largest absolute Gasteiger partial charge is 0.478 e. The van der Waals surface area contributed by atoms with Gasteiger partial charge in [-0.1, -0.05) is 12.1 Å². The fourth-order valence-electron chi connectivity index (χ4n) is 2.96. The number of aromatic nitrogens is 2. The van der Waals surface area contributed by atoms with E-state index in [1.54, 1.807) is 43.4 Å². The minimum atomic E-state index is -1.01. The van der Waals surface area contributed by atoms with Crippen LogP contribution < -0.4 is 5.32 Å². The lowest BCUT2D eigenvalue weighted by atomic mass is 10.1. The number of aromatic carboxylic acids is 1. The second-order valence-corrected chi connectivity index (χ2v) is 6.61. The molecule has 0 bridgehead atoms. The third kappa shape index (κ3) is 4.45. The second kappa shape index (κ2) is 8.54. The van der Waals surface area contributed by atoms with Crippen LogP contribution in [0.4, 0.5) is 5.69 Å². The van der Waals surface area contributed by atoms with Gasteiger partial charge < -0.3 is 19.3 Å². The van der Waals surface area contributed by atoms with Gasteiger partial charge in [0.1, 0.15) is 23.0 Å². The highest BCUT2D eigenvalue weighted by atomic mass is 16.4. The predicted molar refractivity (Wildman–Crippen MR) is 111 cm³/mol. The van der Waals surface area contributed by atoms with Gasteiger partial charge in [-0.25, -0.2) is 9.79 Å². The molecule has 1 aromatic carbocycles. The molecule has 0 spiro atoms. The van der Waals surface area contributed by atoms with Crippen molar-refractivity contribution in [3.8, 4) is 11.3 Å². The summed E-state index contributed by atoms with van der Waals surface area (Å²) in [5, 5.41) is 16.0. The lowest BCUT2D eigenvalue weighted by Crippen LogP contribution is -2.25. The topological polar surface area (TPSA) is 123 Å². The number of carboxylic acid groups (broad SMARTS) is 1. The Balaban J connectivity index is 1.50. The van der Waals surface area contributed by atoms with E-state index < -0.39 is 5.97 Å². The van der Waals surface area contributed by atoms with E-state index in [1.807, 2.05) is 0 Å². The van der Waals surface area contributed by atoms with Crippen molar-refractivity contribution < 1.29 is 23.5 Å². The molecular formula is C22H18N4O5. The summed E-state index contributed by atoms with van der Waals surface area (Å²) in [4.78, 5) is 28.1. The van der Waals surface area contributed by atoms with Gasteiger partial charge in [-0.2, -0.15) is 5.10 Å². The Morgan fingerprint density at radius 3 is 2.87 bits per heavy atom. The van der Waals surface area contributed by atoms with Gasteiger partial charge in [0.25, 0.3) is 5.91 Å². The number of benzene rings is 1. The molecule has 0 aliphatic rings. The molecule has 0 radical (unpaired) electrons. The van der Waals surface area contributed by atoms with Crippen LogP contribution in [0, 0.1) is 0 Å². The minimum Gasteiger partial charge on any atom is -0.478 e. The molecule has 0 saturated carbocycles. The number of hydrogen-bond donors (Lipinski definition) is 2. The molecular weight excluding hydrogens is 400 g/mol.